The fraction of sp³-hybridized carbons (Fsp3) is 0.478. The number of hydrogen-bond acceptors (Lipinski definition) is 6. The Kier molecular flexibility index (Phi) is 6.95. The summed E-state index contributed by atoms with van der Waals surface area (Å²) < 4.78 is 12.2. The number of carbonyl (C=O) groups excluding carboxylic acids is 2. The molecule has 0 aliphatic carbocycles. The number of nitrogens with zero attached hydrogens (tertiary/aromatic N) is 3. The highest BCUT2D eigenvalue weighted by Crippen LogP contribution is 2.33. The average molecular weight is 425 g/mol. The van der Waals surface area contributed by atoms with Crippen LogP contribution in [0.2, 0.25) is 0 Å². The molecule has 2 aromatic rings. The molecule has 3 rings (SSSR count). The standard InChI is InChI=1S/C23H28N4O4/c1-14(2)30-21-12-17-19(11-18(21)23(25)29)26-8-5-20(17)31-16-6-9-27(13-15(3)10-16)22(28)4-7-24/h5,8,11-12,14-16H,4,6,9-10,13H2,1-3H3,(H2,25,29). The maximum atomic E-state index is 12.2. The Labute approximate surface area is 181 Å². The van der Waals surface area contributed by atoms with Crippen molar-refractivity contribution in [1.29, 1.82) is 5.26 Å². The lowest BCUT2D eigenvalue weighted by molar-refractivity contribution is -0.130. The van der Waals surface area contributed by atoms with Gasteiger partial charge in [-0.2, -0.15) is 5.26 Å². The van der Waals surface area contributed by atoms with Crippen LogP contribution in [0.25, 0.3) is 10.9 Å². The number of primary amides is 1. The van der Waals surface area contributed by atoms with E-state index in [1.165, 1.54) is 0 Å². The number of likely N-dealkylation sites (tertiary alicyclic amines) is 1. The van der Waals surface area contributed by atoms with Crippen molar-refractivity contribution in [3.8, 4) is 17.6 Å². The zero-order chi connectivity index (χ0) is 22.5. The van der Waals surface area contributed by atoms with Gasteiger partial charge in [-0.3, -0.25) is 14.6 Å². The highest BCUT2D eigenvalue weighted by molar-refractivity contribution is 6.01. The number of fused-ring (bicyclic) bond motifs is 1. The lowest BCUT2D eigenvalue weighted by Crippen LogP contribution is -2.33. The summed E-state index contributed by atoms with van der Waals surface area (Å²) in [6.07, 6.45) is 2.76. The SMILES string of the molecule is CC1CC(Oc2ccnc3cc(C(N)=O)c(OC(C)C)cc23)CCN(C(=O)CC#N)C1. The molecule has 31 heavy (non-hydrogen) atoms. The van der Waals surface area contributed by atoms with Gasteiger partial charge in [0.2, 0.25) is 5.91 Å². The summed E-state index contributed by atoms with van der Waals surface area (Å²) >= 11 is 0. The first-order chi connectivity index (χ1) is 14.8. The van der Waals surface area contributed by atoms with Crippen molar-refractivity contribution >= 4 is 22.7 Å². The van der Waals surface area contributed by atoms with E-state index in [-0.39, 0.29) is 36.0 Å². The largest absolute Gasteiger partial charge is 0.490 e. The van der Waals surface area contributed by atoms with Crippen molar-refractivity contribution in [2.75, 3.05) is 13.1 Å². The highest BCUT2D eigenvalue weighted by atomic mass is 16.5. The number of nitrogens with two attached hydrogens (primary N) is 1. The number of hydrogen-bond donors (Lipinski definition) is 1. The number of nitriles is 1. The van der Waals surface area contributed by atoms with Gasteiger partial charge in [-0.1, -0.05) is 6.92 Å². The minimum atomic E-state index is -0.578. The number of aromatic nitrogens is 1. The quantitative estimate of drug-likeness (QED) is 0.761. The predicted octanol–water partition coefficient (Wildman–Crippen LogP) is 3.04. The van der Waals surface area contributed by atoms with Gasteiger partial charge in [0.1, 0.15) is 24.0 Å². The molecule has 8 heteroatoms. The molecular weight excluding hydrogens is 396 g/mol. The van der Waals surface area contributed by atoms with E-state index in [9.17, 15) is 9.59 Å². The predicted molar refractivity (Wildman–Crippen MR) is 116 cm³/mol. The van der Waals surface area contributed by atoms with Crippen LogP contribution in [0.15, 0.2) is 24.4 Å². The van der Waals surface area contributed by atoms with Gasteiger partial charge < -0.3 is 20.1 Å². The van der Waals surface area contributed by atoms with Gasteiger partial charge in [-0.05, 0) is 44.4 Å². The van der Waals surface area contributed by atoms with Crippen molar-refractivity contribution in [3.05, 3.63) is 30.0 Å². The molecule has 0 radical (unpaired) electrons. The molecule has 1 aromatic heterocycles. The zero-order valence-electron chi connectivity index (χ0n) is 18.1. The zero-order valence-corrected chi connectivity index (χ0v) is 18.1. The molecule has 2 heterocycles. The van der Waals surface area contributed by atoms with Gasteiger partial charge >= 0.3 is 0 Å². The summed E-state index contributed by atoms with van der Waals surface area (Å²) in [5.74, 6) is 0.563. The summed E-state index contributed by atoms with van der Waals surface area (Å²) in [6, 6.07) is 7.10. The first-order valence-electron chi connectivity index (χ1n) is 10.5. The normalized spacial score (nSPS) is 19.0. The molecule has 1 aromatic carbocycles. The van der Waals surface area contributed by atoms with Crippen molar-refractivity contribution in [2.45, 2.75) is 52.2 Å². The fourth-order valence-electron chi connectivity index (χ4n) is 3.90. The Morgan fingerprint density at radius 2 is 2.13 bits per heavy atom. The average Bonchev–Trinajstić information content (AvgIpc) is 2.88. The maximum Gasteiger partial charge on any atom is 0.252 e. The van der Waals surface area contributed by atoms with E-state index in [4.69, 9.17) is 20.5 Å². The van der Waals surface area contributed by atoms with Crippen LogP contribution in [0.3, 0.4) is 0 Å². The molecule has 2 amide bonds. The van der Waals surface area contributed by atoms with Crippen molar-refractivity contribution < 1.29 is 19.1 Å². The van der Waals surface area contributed by atoms with Gasteiger partial charge in [0.05, 0.1) is 23.3 Å². The molecule has 2 unspecified atom stereocenters. The summed E-state index contributed by atoms with van der Waals surface area (Å²) in [5, 5.41) is 9.55. The summed E-state index contributed by atoms with van der Waals surface area (Å²) in [4.78, 5) is 30.1. The van der Waals surface area contributed by atoms with Gasteiger partial charge in [0.25, 0.3) is 5.91 Å². The summed E-state index contributed by atoms with van der Waals surface area (Å²) in [5.41, 5.74) is 6.40. The number of carbonyl (C=O) groups is 2. The number of ether oxygens (including phenoxy) is 2. The molecule has 1 saturated heterocycles. The van der Waals surface area contributed by atoms with Gasteiger partial charge in [0, 0.05) is 31.1 Å². The Bertz CT molecular complexity index is 1010. The van der Waals surface area contributed by atoms with Crippen LogP contribution in [-0.4, -0.2) is 47.0 Å². The third-order valence-electron chi connectivity index (χ3n) is 5.23. The molecule has 0 spiro atoms. The molecule has 0 saturated carbocycles. The second-order valence-corrected chi connectivity index (χ2v) is 8.25. The fourth-order valence-corrected chi connectivity index (χ4v) is 3.90. The van der Waals surface area contributed by atoms with E-state index < -0.39 is 5.91 Å². The van der Waals surface area contributed by atoms with E-state index in [1.54, 1.807) is 29.3 Å². The maximum absolute atomic E-state index is 12.2. The number of amides is 2. The van der Waals surface area contributed by atoms with Gasteiger partial charge in [-0.15, -0.1) is 0 Å². The van der Waals surface area contributed by atoms with E-state index in [2.05, 4.69) is 11.9 Å². The van der Waals surface area contributed by atoms with Crippen LogP contribution in [-0.2, 0) is 4.79 Å². The minimum Gasteiger partial charge on any atom is -0.490 e. The van der Waals surface area contributed by atoms with Crippen LogP contribution in [0.4, 0.5) is 0 Å². The Morgan fingerprint density at radius 3 is 2.81 bits per heavy atom. The first-order valence-corrected chi connectivity index (χ1v) is 10.5. The Balaban J connectivity index is 1.88. The topological polar surface area (TPSA) is 119 Å². The van der Waals surface area contributed by atoms with E-state index in [1.807, 2.05) is 19.9 Å². The smallest absolute Gasteiger partial charge is 0.252 e. The van der Waals surface area contributed by atoms with E-state index in [0.29, 0.717) is 36.5 Å². The van der Waals surface area contributed by atoms with Crippen molar-refractivity contribution in [2.24, 2.45) is 11.7 Å². The molecule has 1 aliphatic rings. The lowest BCUT2D eigenvalue weighted by atomic mass is 10.0. The van der Waals surface area contributed by atoms with Crippen LogP contribution in [0, 0.1) is 17.2 Å². The summed E-state index contributed by atoms with van der Waals surface area (Å²) in [7, 11) is 0. The van der Waals surface area contributed by atoms with Gasteiger partial charge in [0.15, 0.2) is 0 Å². The van der Waals surface area contributed by atoms with Crippen LogP contribution in [0.5, 0.6) is 11.5 Å². The Hall–Kier alpha value is -3.34. The van der Waals surface area contributed by atoms with Crippen molar-refractivity contribution in [3.63, 3.8) is 0 Å². The molecule has 2 atom stereocenters. The number of pyridine rings is 1. The number of rotatable bonds is 6. The molecular formula is C23H28N4O4. The van der Waals surface area contributed by atoms with Crippen molar-refractivity contribution in [1.82, 2.24) is 9.88 Å². The second kappa shape index (κ2) is 9.65. The monoisotopic (exact) mass is 424 g/mol. The molecule has 2 N–H and O–H groups in total. The van der Waals surface area contributed by atoms with E-state index in [0.717, 1.165) is 11.8 Å². The third-order valence-corrected chi connectivity index (χ3v) is 5.23. The third kappa shape index (κ3) is 5.43. The summed E-state index contributed by atoms with van der Waals surface area (Å²) in [6.45, 7) is 6.99. The van der Waals surface area contributed by atoms with Gasteiger partial charge in [-0.25, -0.2) is 0 Å². The molecule has 1 aliphatic heterocycles. The number of benzene rings is 1. The molecule has 164 valence electrons. The molecule has 8 nitrogen and oxygen atoms in total. The molecule has 1 fully saturated rings. The van der Waals surface area contributed by atoms with Crippen LogP contribution < -0.4 is 15.2 Å². The minimum absolute atomic E-state index is 0.0919. The van der Waals surface area contributed by atoms with Crippen LogP contribution >= 0.6 is 0 Å². The second-order valence-electron chi connectivity index (χ2n) is 8.25. The van der Waals surface area contributed by atoms with Crippen LogP contribution in [0.1, 0.15) is 50.4 Å². The van der Waals surface area contributed by atoms with E-state index >= 15 is 0 Å². The first kappa shape index (κ1) is 22.3. The molecule has 0 bridgehead atoms. The Morgan fingerprint density at radius 1 is 1.35 bits per heavy atom. The highest BCUT2D eigenvalue weighted by Gasteiger charge is 2.26. The lowest BCUT2D eigenvalue weighted by Gasteiger charge is -2.21.